The van der Waals surface area contributed by atoms with Crippen LogP contribution in [0.4, 0.5) is 0 Å². The molecule has 1 amide bonds. The molecule has 1 unspecified atom stereocenters. The van der Waals surface area contributed by atoms with E-state index in [2.05, 4.69) is 15.5 Å². The Bertz CT molecular complexity index is 969. The number of hydrogen-bond donors (Lipinski definition) is 2. The lowest BCUT2D eigenvalue weighted by molar-refractivity contribution is 0.0874. The van der Waals surface area contributed by atoms with Crippen molar-refractivity contribution >= 4 is 23.0 Å². The number of carbonyl (C=O) groups is 1. The van der Waals surface area contributed by atoms with Crippen molar-refractivity contribution in [3.8, 4) is 5.75 Å². The van der Waals surface area contributed by atoms with Crippen molar-refractivity contribution in [1.82, 2.24) is 24.7 Å². The summed E-state index contributed by atoms with van der Waals surface area (Å²) in [6.07, 6.45) is 7.27. The summed E-state index contributed by atoms with van der Waals surface area (Å²) >= 11 is 5.89. The quantitative estimate of drug-likeness (QED) is 0.693. The predicted octanol–water partition coefficient (Wildman–Crippen LogP) is 1.76. The number of aromatic nitrogens is 4. The monoisotopic (exact) mass is 389 g/mol. The second-order valence-electron chi connectivity index (χ2n) is 6.79. The number of ether oxygens (including phenoxy) is 1. The molecule has 142 valence electrons. The molecule has 1 aliphatic rings. The molecule has 3 atom stereocenters. The summed E-state index contributed by atoms with van der Waals surface area (Å²) < 4.78 is 8.71. The van der Waals surface area contributed by atoms with Crippen LogP contribution in [0.15, 0.2) is 36.9 Å². The van der Waals surface area contributed by atoms with Gasteiger partial charge < -0.3 is 15.2 Å². The number of rotatable bonds is 5. The predicted molar refractivity (Wildman–Crippen MR) is 99.0 cm³/mol. The first-order chi connectivity index (χ1) is 13.0. The molecule has 27 heavy (non-hydrogen) atoms. The van der Waals surface area contributed by atoms with E-state index < -0.39 is 6.10 Å². The molecule has 9 heteroatoms. The molecule has 2 N–H and O–H groups in total. The number of methoxy groups -OCH3 is 1. The van der Waals surface area contributed by atoms with Gasteiger partial charge in [0, 0.05) is 18.9 Å². The van der Waals surface area contributed by atoms with Crippen molar-refractivity contribution in [3.05, 3.63) is 47.5 Å². The van der Waals surface area contributed by atoms with Gasteiger partial charge in [0.05, 0.1) is 42.2 Å². The van der Waals surface area contributed by atoms with Crippen LogP contribution in [-0.2, 0) is 6.54 Å². The van der Waals surface area contributed by atoms with Crippen LogP contribution >= 0.6 is 11.6 Å². The Morgan fingerprint density at radius 3 is 3.00 bits per heavy atom. The maximum absolute atomic E-state index is 12.8. The summed E-state index contributed by atoms with van der Waals surface area (Å²) in [4.78, 5) is 12.8. The molecule has 0 bridgehead atoms. The van der Waals surface area contributed by atoms with Crippen molar-refractivity contribution < 1.29 is 14.6 Å². The molecule has 1 aliphatic carbocycles. The van der Waals surface area contributed by atoms with Gasteiger partial charge in [-0.1, -0.05) is 11.6 Å². The second-order valence-corrected chi connectivity index (χ2v) is 7.23. The molecular weight excluding hydrogens is 370 g/mol. The fourth-order valence-corrected chi connectivity index (χ4v) is 3.87. The number of aliphatic hydroxyl groups excluding tert-OH is 1. The van der Waals surface area contributed by atoms with E-state index in [-0.39, 0.29) is 17.9 Å². The average Bonchev–Trinajstić information content (AvgIpc) is 3.34. The van der Waals surface area contributed by atoms with Gasteiger partial charge in [0.1, 0.15) is 11.3 Å². The van der Waals surface area contributed by atoms with Crippen molar-refractivity contribution in [2.24, 2.45) is 5.92 Å². The molecule has 0 aromatic carbocycles. The SMILES string of the molecule is COc1cccn2ncc(C(=O)N[C@@H]3CC(Cn4cc(Cl)cn4)C[C@H]3O)c12. The minimum Gasteiger partial charge on any atom is -0.494 e. The zero-order chi connectivity index (χ0) is 19.0. The Morgan fingerprint density at radius 2 is 2.26 bits per heavy atom. The molecule has 4 rings (SSSR count). The molecule has 0 spiro atoms. The van der Waals surface area contributed by atoms with Gasteiger partial charge in [-0.25, -0.2) is 4.52 Å². The van der Waals surface area contributed by atoms with E-state index in [9.17, 15) is 9.90 Å². The summed E-state index contributed by atoms with van der Waals surface area (Å²) in [6.45, 7) is 0.653. The molecule has 1 saturated carbocycles. The first-order valence-corrected chi connectivity index (χ1v) is 9.10. The van der Waals surface area contributed by atoms with Gasteiger partial charge in [-0.2, -0.15) is 10.2 Å². The standard InChI is InChI=1S/C18H20ClN5O3/c1-27-16-3-2-4-24-17(16)13(8-21-24)18(26)22-14-5-11(6-15(14)25)9-23-10-12(19)7-20-23/h2-4,7-8,10-11,14-15,25H,5-6,9H2,1H3,(H,22,26)/t11?,14-,15-/m1/s1. The number of nitrogens with zero attached hydrogens (tertiary/aromatic N) is 4. The molecule has 0 aliphatic heterocycles. The number of aliphatic hydroxyl groups is 1. The van der Waals surface area contributed by atoms with E-state index >= 15 is 0 Å². The lowest BCUT2D eigenvalue weighted by atomic mass is 10.1. The minimum absolute atomic E-state index is 0.208. The number of pyridine rings is 1. The smallest absolute Gasteiger partial charge is 0.255 e. The number of amides is 1. The third-order valence-corrected chi connectivity index (χ3v) is 5.15. The number of halogens is 1. The van der Waals surface area contributed by atoms with Gasteiger partial charge in [0.25, 0.3) is 5.91 Å². The average molecular weight is 390 g/mol. The van der Waals surface area contributed by atoms with Crippen molar-refractivity contribution in [2.75, 3.05) is 7.11 Å². The first kappa shape index (κ1) is 17.8. The minimum atomic E-state index is -0.603. The van der Waals surface area contributed by atoms with Crippen LogP contribution in [0.1, 0.15) is 23.2 Å². The topological polar surface area (TPSA) is 93.7 Å². The van der Waals surface area contributed by atoms with E-state index in [1.54, 1.807) is 47.0 Å². The van der Waals surface area contributed by atoms with E-state index in [1.807, 2.05) is 0 Å². The van der Waals surface area contributed by atoms with Crippen LogP contribution < -0.4 is 10.1 Å². The van der Waals surface area contributed by atoms with E-state index in [1.165, 1.54) is 6.20 Å². The Labute approximate surface area is 160 Å². The fourth-order valence-electron chi connectivity index (χ4n) is 3.71. The van der Waals surface area contributed by atoms with Crippen LogP contribution in [0, 0.1) is 5.92 Å². The van der Waals surface area contributed by atoms with Gasteiger partial charge in [0.15, 0.2) is 0 Å². The van der Waals surface area contributed by atoms with Crippen LogP contribution in [0.2, 0.25) is 5.02 Å². The van der Waals surface area contributed by atoms with Crippen LogP contribution in [0.5, 0.6) is 5.75 Å². The third kappa shape index (κ3) is 3.50. The normalized spacial score (nSPS) is 22.3. The molecular formula is C18H20ClN5O3. The Kier molecular flexibility index (Phi) is 4.75. The molecule has 3 aromatic rings. The summed E-state index contributed by atoms with van der Waals surface area (Å²) in [7, 11) is 1.55. The molecule has 0 saturated heterocycles. The number of fused-ring (bicyclic) bond motifs is 1. The molecule has 8 nitrogen and oxygen atoms in total. The van der Waals surface area contributed by atoms with Gasteiger partial charge in [0.2, 0.25) is 0 Å². The van der Waals surface area contributed by atoms with Crippen molar-refractivity contribution in [1.29, 1.82) is 0 Å². The zero-order valence-corrected chi connectivity index (χ0v) is 15.5. The Balaban J connectivity index is 1.47. The summed E-state index contributed by atoms with van der Waals surface area (Å²) in [6, 6.07) is 3.26. The molecule has 3 heterocycles. The van der Waals surface area contributed by atoms with Crippen LogP contribution in [0.3, 0.4) is 0 Å². The number of hydrogen-bond acceptors (Lipinski definition) is 5. The highest BCUT2D eigenvalue weighted by Crippen LogP contribution is 2.29. The van der Waals surface area contributed by atoms with E-state index in [4.69, 9.17) is 16.3 Å². The zero-order valence-electron chi connectivity index (χ0n) is 14.7. The van der Waals surface area contributed by atoms with Gasteiger partial charge in [-0.05, 0) is 30.9 Å². The Morgan fingerprint density at radius 1 is 1.41 bits per heavy atom. The van der Waals surface area contributed by atoms with Crippen molar-refractivity contribution in [3.63, 3.8) is 0 Å². The fraction of sp³-hybridized carbons (Fsp3) is 0.389. The Hall–Kier alpha value is -2.58. The highest BCUT2D eigenvalue weighted by molar-refractivity contribution is 6.30. The maximum Gasteiger partial charge on any atom is 0.255 e. The van der Waals surface area contributed by atoms with Crippen LogP contribution in [-0.4, -0.2) is 49.7 Å². The lowest BCUT2D eigenvalue weighted by Crippen LogP contribution is -2.39. The van der Waals surface area contributed by atoms with E-state index in [0.717, 1.165) is 0 Å². The van der Waals surface area contributed by atoms with Crippen LogP contribution in [0.25, 0.3) is 5.52 Å². The highest BCUT2D eigenvalue weighted by Gasteiger charge is 2.35. The lowest BCUT2D eigenvalue weighted by Gasteiger charge is -2.16. The van der Waals surface area contributed by atoms with Crippen molar-refractivity contribution in [2.45, 2.75) is 31.5 Å². The van der Waals surface area contributed by atoms with Gasteiger partial charge >= 0.3 is 0 Å². The summed E-state index contributed by atoms with van der Waals surface area (Å²) in [5, 5.41) is 22.3. The summed E-state index contributed by atoms with van der Waals surface area (Å²) in [5.41, 5.74) is 1.02. The number of carbonyl (C=O) groups excluding carboxylic acids is 1. The maximum atomic E-state index is 12.8. The van der Waals surface area contributed by atoms with E-state index in [0.29, 0.717) is 41.2 Å². The van der Waals surface area contributed by atoms with Gasteiger partial charge in [-0.3, -0.25) is 9.48 Å². The number of nitrogens with one attached hydrogen (secondary N) is 1. The molecule has 3 aromatic heterocycles. The second kappa shape index (κ2) is 7.21. The highest BCUT2D eigenvalue weighted by atomic mass is 35.5. The molecule has 0 radical (unpaired) electrons. The summed E-state index contributed by atoms with van der Waals surface area (Å²) in [5.74, 6) is 0.501. The third-order valence-electron chi connectivity index (χ3n) is 4.96. The van der Waals surface area contributed by atoms with Gasteiger partial charge in [-0.15, -0.1) is 0 Å². The first-order valence-electron chi connectivity index (χ1n) is 8.72. The molecule has 1 fully saturated rings. The largest absolute Gasteiger partial charge is 0.494 e.